The Hall–Kier alpha value is -3.33. The van der Waals surface area contributed by atoms with Crippen LogP contribution in [0.1, 0.15) is 12.5 Å². The molecule has 2 aromatic rings. The van der Waals surface area contributed by atoms with E-state index in [1.807, 2.05) is 0 Å². The lowest BCUT2D eigenvalue weighted by Gasteiger charge is -2.28. The average molecular weight is 436 g/mol. The molecule has 30 heavy (non-hydrogen) atoms. The van der Waals surface area contributed by atoms with Gasteiger partial charge in [-0.3, -0.25) is 19.7 Å². The quantitative estimate of drug-likeness (QED) is 0.479. The first-order valence-electron chi connectivity index (χ1n) is 8.98. The van der Waals surface area contributed by atoms with E-state index in [1.165, 1.54) is 37.3 Å². The molecule has 0 saturated carbocycles. The van der Waals surface area contributed by atoms with Crippen molar-refractivity contribution in [2.45, 2.75) is 19.5 Å². The lowest BCUT2D eigenvalue weighted by atomic mass is 10.1. The normalized spacial score (nSPS) is 11.3. The molecule has 160 valence electrons. The molecule has 1 atom stereocenters. The molecule has 2 aromatic carbocycles. The van der Waals surface area contributed by atoms with Gasteiger partial charge in [0.1, 0.15) is 11.8 Å². The number of ether oxygens (including phenoxy) is 2. The third kappa shape index (κ3) is 5.60. The van der Waals surface area contributed by atoms with Crippen molar-refractivity contribution >= 4 is 29.1 Å². The Morgan fingerprint density at radius 1 is 1.27 bits per heavy atom. The van der Waals surface area contributed by atoms with Gasteiger partial charge >= 0.3 is 5.69 Å². The highest BCUT2D eigenvalue weighted by Crippen LogP contribution is 2.30. The number of likely N-dealkylation sites (N-methyl/N-ethyl adjacent to an activating group) is 1. The Morgan fingerprint density at radius 3 is 2.57 bits per heavy atom. The second kappa shape index (κ2) is 10.4. The first-order chi connectivity index (χ1) is 14.3. The van der Waals surface area contributed by atoms with Crippen LogP contribution < -0.4 is 14.8 Å². The summed E-state index contributed by atoms with van der Waals surface area (Å²) in [6.45, 7) is 1.33. The molecule has 0 radical (unpaired) electrons. The third-order valence-corrected chi connectivity index (χ3v) is 4.79. The van der Waals surface area contributed by atoms with Crippen LogP contribution >= 0.6 is 11.6 Å². The average Bonchev–Trinajstić information content (AvgIpc) is 2.75. The van der Waals surface area contributed by atoms with Crippen LogP contribution in [0.25, 0.3) is 0 Å². The largest absolute Gasteiger partial charge is 0.490 e. The number of amides is 2. The molecule has 2 rings (SSSR count). The number of halogens is 1. The van der Waals surface area contributed by atoms with E-state index >= 15 is 0 Å². The summed E-state index contributed by atoms with van der Waals surface area (Å²) in [4.78, 5) is 36.8. The van der Waals surface area contributed by atoms with Crippen molar-refractivity contribution in [3.63, 3.8) is 0 Å². The standard InChI is InChI=1S/C20H22ClN3O6/c1-13(20(26)22-2)23(11-14-6-4-5-7-16(14)21)19(25)12-30-15-8-9-17(24(27)28)18(10-15)29-3/h4-10,13H,11-12H2,1-3H3,(H,22,26)/t13-/m1/s1. The fraction of sp³-hybridized carbons (Fsp3) is 0.300. The van der Waals surface area contributed by atoms with Gasteiger partial charge in [0.2, 0.25) is 11.7 Å². The van der Waals surface area contributed by atoms with E-state index < -0.39 is 16.9 Å². The number of carbonyl (C=O) groups is 2. The smallest absolute Gasteiger partial charge is 0.311 e. The van der Waals surface area contributed by atoms with E-state index in [4.69, 9.17) is 21.1 Å². The van der Waals surface area contributed by atoms with Gasteiger partial charge in [0.05, 0.1) is 12.0 Å². The zero-order valence-electron chi connectivity index (χ0n) is 16.8. The van der Waals surface area contributed by atoms with Crippen molar-refractivity contribution in [2.24, 2.45) is 0 Å². The predicted octanol–water partition coefficient (Wildman–Crippen LogP) is 2.80. The van der Waals surface area contributed by atoms with E-state index in [-0.39, 0.29) is 36.2 Å². The molecule has 2 amide bonds. The van der Waals surface area contributed by atoms with Gasteiger partial charge in [0, 0.05) is 30.7 Å². The van der Waals surface area contributed by atoms with Crippen LogP contribution in [0.3, 0.4) is 0 Å². The number of nitrogens with zero attached hydrogens (tertiary/aromatic N) is 2. The summed E-state index contributed by atoms with van der Waals surface area (Å²) in [5.41, 5.74) is 0.463. The molecule has 0 saturated heterocycles. The fourth-order valence-electron chi connectivity index (χ4n) is 2.73. The zero-order chi connectivity index (χ0) is 22.3. The molecule has 0 aromatic heterocycles. The van der Waals surface area contributed by atoms with Gasteiger partial charge in [-0.15, -0.1) is 0 Å². The maximum Gasteiger partial charge on any atom is 0.311 e. The van der Waals surface area contributed by atoms with Crippen molar-refractivity contribution in [1.82, 2.24) is 10.2 Å². The Bertz CT molecular complexity index is 937. The van der Waals surface area contributed by atoms with E-state index in [2.05, 4.69) is 5.32 Å². The van der Waals surface area contributed by atoms with Gasteiger partial charge in [-0.25, -0.2) is 0 Å². The predicted molar refractivity (Wildman–Crippen MR) is 111 cm³/mol. The number of rotatable bonds is 9. The molecular formula is C20H22ClN3O6. The number of benzene rings is 2. The molecule has 0 bridgehead atoms. The summed E-state index contributed by atoms with van der Waals surface area (Å²) in [6, 6.07) is 10.2. The number of methoxy groups -OCH3 is 1. The monoisotopic (exact) mass is 435 g/mol. The summed E-state index contributed by atoms with van der Waals surface area (Å²) in [7, 11) is 2.78. The van der Waals surface area contributed by atoms with Gasteiger partial charge in [-0.2, -0.15) is 0 Å². The highest BCUT2D eigenvalue weighted by atomic mass is 35.5. The van der Waals surface area contributed by atoms with Crippen LogP contribution in [0.2, 0.25) is 5.02 Å². The van der Waals surface area contributed by atoms with E-state index in [1.54, 1.807) is 31.2 Å². The zero-order valence-corrected chi connectivity index (χ0v) is 17.5. The minimum atomic E-state index is -0.770. The van der Waals surface area contributed by atoms with Crippen molar-refractivity contribution in [1.29, 1.82) is 0 Å². The molecule has 1 N–H and O–H groups in total. The fourth-order valence-corrected chi connectivity index (χ4v) is 2.92. The highest BCUT2D eigenvalue weighted by Gasteiger charge is 2.26. The van der Waals surface area contributed by atoms with Crippen LogP contribution in [-0.2, 0) is 16.1 Å². The van der Waals surface area contributed by atoms with Gasteiger partial charge < -0.3 is 19.7 Å². The van der Waals surface area contributed by atoms with Gasteiger partial charge in [-0.05, 0) is 24.6 Å². The van der Waals surface area contributed by atoms with E-state index in [9.17, 15) is 19.7 Å². The Labute approximate surface area is 178 Å². The summed E-state index contributed by atoms with van der Waals surface area (Å²) < 4.78 is 10.5. The maximum atomic E-state index is 12.9. The van der Waals surface area contributed by atoms with E-state index in [0.717, 1.165) is 0 Å². The lowest BCUT2D eigenvalue weighted by molar-refractivity contribution is -0.385. The van der Waals surface area contributed by atoms with Crippen molar-refractivity contribution < 1.29 is 24.0 Å². The first kappa shape index (κ1) is 23.0. The number of carbonyl (C=O) groups excluding carboxylic acids is 2. The number of hydrogen-bond acceptors (Lipinski definition) is 6. The minimum Gasteiger partial charge on any atom is -0.490 e. The van der Waals surface area contributed by atoms with E-state index in [0.29, 0.717) is 10.6 Å². The summed E-state index contributed by atoms with van der Waals surface area (Å²) in [5, 5.41) is 14.0. The summed E-state index contributed by atoms with van der Waals surface area (Å²) >= 11 is 6.20. The molecule has 0 unspecified atom stereocenters. The molecule has 0 aliphatic carbocycles. The van der Waals surface area contributed by atoms with Gasteiger partial charge in [0.15, 0.2) is 6.61 Å². The molecule has 0 aliphatic heterocycles. The topological polar surface area (TPSA) is 111 Å². The molecule has 9 nitrogen and oxygen atoms in total. The Morgan fingerprint density at radius 2 is 1.97 bits per heavy atom. The Kier molecular flexibility index (Phi) is 7.99. The molecular weight excluding hydrogens is 414 g/mol. The van der Waals surface area contributed by atoms with Crippen LogP contribution in [0.4, 0.5) is 5.69 Å². The number of nitro benzene ring substituents is 1. The second-order valence-electron chi connectivity index (χ2n) is 6.28. The maximum absolute atomic E-state index is 12.9. The molecule has 0 heterocycles. The van der Waals surface area contributed by atoms with Gasteiger partial charge in [0.25, 0.3) is 5.91 Å². The van der Waals surface area contributed by atoms with Crippen LogP contribution in [0.15, 0.2) is 42.5 Å². The highest BCUT2D eigenvalue weighted by molar-refractivity contribution is 6.31. The molecule has 0 fully saturated rings. The second-order valence-corrected chi connectivity index (χ2v) is 6.69. The van der Waals surface area contributed by atoms with Crippen molar-refractivity contribution in [3.05, 3.63) is 63.2 Å². The molecule has 0 spiro atoms. The van der Waals surface area contributed by atoms with Crippen LogP contribution in [0.5, 0.6) is 11.5 Å². The lowest BCUT2D eigenvalue weighted by Crippen LogP contribution is -2.48. The molecule has 0 aliphatic rings. The van der Waals surface area contributed by atoms with Gasteiger partial charge in [-0.1, -0.05) is 29.8 Å². The number of nitrogens with one attached hydrogen (secondary N) is 1. The third-order valence-electron chi connectivity index (χ3n) is 4.42. The first-order valence-corrected chi connectivity index (χ1v) is 9.36. The van der Waals surface area contributed by atoms with Crippen LogP contribution in [-0.4, -0.2) is 48.4 Å². The van der Waals surface area contributed by atoms with Crippen molar-refractivity contribution in [3.8, 4) is 11.5 Å². The summed E-state index contributed by atoms with van der Waals surface area (Å²) in [5.74, 6) is -0.566. The minimum absolute atomic E-state index is 0.0107. The van der Waals surface area contributed by atoms with Crippen LogP contribution in [0, 0.1) is 10.1 Å². The summed E-state index contributed by atoms with van der Waals surface area (Å²) in [6.07, 6.45) is 0. The van der Waals surface area contributed by atoms with Crippen molar-refractivity contribution in [2.75, 3.05) is 20.8 Å². The molecule has 10 heteroatoms. The SMILES string of the molecule is CNC(=O)[C@@H](C)N(Cc1ccccc1Cl)C(=O)COc1ccc([N+](=O)[O-])c(OC)c1. The Balaban J connectivity index is 2.19. The number of hydrogen-bond donors (Lipinski definition) is 1. The number of nitro groups is 1.